The van der Waals surface area contributed by atoms with E-state index in [-0.39, 0.29) is 0 Å². The van der Waals surface area contributed by atoms with E-state index in [1.165, 1.54) is 5.56 Å². The second-order valence-corrected chi connectivity index (χ2v) is 1.62. The highest BCUT2D eigenvalue weighted by molar-refractivity contribution is 5.05. The molecule has 0 amide bonds. The molecule has 0 fully saturated rings. The van der Waals surface area contributed by atoms with Crippen molar-refractivity contribution in [3.63, 3.8) is 0 Å². The lowest BCUT2D eigenvalue weighted by atomic mass is 10.2. The van der Waals surface area contributed by atoms with E-state index >= 15 is 0 Å². The molecule has 0 spiro atoms. The quantitative estimate of drug-likeness (QED) is 0.528. The minimum atomic E-state index is 1.02. The van der Waals surface area contributed by atoms with Gasteiger partial charge in [0.2, 0.25) is 0 Å². The van der Waals surface area contributed by atoms with Gasteiger partial charge in [-0.3, -0.25) is 4.98 Å². The lowest BCUT2D eigenvalue weighted by molar-refractivity contribution is 1.10. The zero-order chi connectivity index (χ0) is 5.82. The molecule has 0 aliphatic carbocycles. The van der Waals surface area contributed by atoms with Gasteiger partial charge in [-0.05, 0) is 24.1 Å². The molecule has 1 aromatic heterocycles. The van der Waals surface area contributed by atoms with E-state index in [1.807, 2.05) is 12.3 Å². The lowest BCUT2D eigenvalue weighted by Crippen LogP contribution is -1.78. The Balaban J connectivity index is 2.83. The average molecular weight is 106 g/mol. The van der Waals surface area contributed by atoms with Gasteiger partial charge in [-0.15, -0.1) is 0 Å². The standard InChI is InChI=1S/C7H8N/c1-2-7-4-3-5-8-6-7/h3,5-6H,2H2,1H3. The Kier molecular flexibility index (Phi) is 1.62. The zero-order valence-corrected chi connectivity index (χ0v) is 4.89. The fourth-order valence-electron chi connectivity index (χ4n) is 0.551. The third-order valence-electron chi connectivity index (χ3n) is 1.04. The van der Waals surface area contributed by atoms with E-state index in [4.69, 9.17) is 0 Å². The highest BCUT2D eigenvalue weighted by Gasteiger charge is 1.82. The number of hydrogen-bond acceptors (Lipinski definition) is 1. The van der Waals surface area contributed by atoms with Crippen molar-refractivity contribution in [3.8, 4) is 0 Å². The van der Waals surface area contributed by atoms with Gasteiger partial charge in [-0.2, -0.15) is 0 Å². The van der Waals surface area contributed by atoms with Crippen LogP contribution in [0.25, 0.3) is 0 Å². The topological polar surface area (TPSA) is 12.9 Å². The van der Waals surface area contributed by atoms with E-state index in [9.17, 15) is 0 Å². The first-order valence-electron chi connectivity index (χ1n) is 2.74. The van der Waals surface area contributed by atoms with Crippen LogP contribution in [0.3, 0.4) is 0 Å². The molecular weight excluding hydrogens is 98.1 g/mol. The number of aromatic nitrogens is 1. The Hall–Kier alpha value is -0.850. The third-order valence-corrected chi connectivity index (χ3v) is 1.04. The van der Waals surface area contributed by atoms with E-state index in [0.29, 0.717) is 0 Å². The molecule has 0 atom stereocenters. The minimum Gasteiger partial charge on any atom is -0.264 e. The summed E-state index contributed by atoms with van der Waals surface area (Å²) in [6.07, 6.45) is 4.59. The van der Waals surface area contributed by atoms with Gasteiger partial charge in [0.1, 0.15) is 0 Å². The molecule has 0 aliphatic rings. The Morgan fingerprint density at radius 1 is 1.75 bits per heavy atom. The molecule has 0 unspecified atom stereocenters. The maximum Gasteiger partial charge on any atom is 0.0305 e. The SMILES string of the molecule is CCc1[c]ccnc1. The molecule has 1 heteroatoms. The van der Waals surface area contributed by atoms with Crippen LogP contribution in [0.4, 0.5) is 0 Å². The van der Waals surface area contributed by atoms with Crippen LogP contribution in [0.1, 0.15) is 12.5 Å². The van der Waals surface area contributed by atoms with Crippen LogP contribution in [-0.2, 0) is 6.42 Å². The summed E-state index contributed by atoms with van der Waals surface area (Å²) in [5.74, 6) is 0. The van der Waals surface area contributed by atoms with Crippen LogP contribution in [0.2, 0.25) is 0 Å². The molecule has 1 nitrogen and oxygen atoms in total. The molecule has 0 saturated heterocycles. The zero-order valence-electron chi connectivity index (χ0n) is 4.89. The maximum absolute atomic E-state index is 3.92. The number of nitrogens with zero attached hydrogens (tertiary/aromatic N) is 1. The summed E-state index contributed by atoms with van der Waals surface area (Å²) in [5, 5.41) is 0. The van der Waals surface area contributed by atoms with Crippen LogP contribution >= 0.6 is 0 Å². The van der Waals surface area contributed by atoms with Crippen molar-refractivity contribution in [3.05, 3.63) is 30.1 Å². The molecule has 1 heterocycles. The number of hydrogen-bond donors (Lipinski definition) is 0. The molecule has 1 radical (unpaired) electrons. The van der Waals surface area contributed by atoms with Crippen molar-refractivity contribution < 1.29 is 0 Å². The van der Waals surface area contributed by atoms with Gasteiger partial charge in [0.25, 0.3) is 0 Å². The molecule has 0 aliphatic heterocycles. The van der Waals surface area contributed by atoms with Crippen LogP contribution in [0.5, 0.6) is 0 Å². The van der Waals surface area contributed by atoms with Crippen LogP contribution in [0, 0.1) is 6.07 Å². The predicted molar refractivity (Wildman–Crippen MR) is 32.5 cm³/mol. The van der Waals surface area contributed by atoms with Crippen molar-refractivity contribution in [1.82, 2.24) is 4.98 Å². The van der Waals surface area contributed by atoms with Crippen molar-refractivity contribution in [2.45, 2.75) is 13.3 Å². The molecule has 41 valence electrons. The molecule has 0 bridgehead atoms. The van der Waals surface area contributed by atoms with Gasteiger partial charge >= 0.3 is 0 Å². The highest BCUT2D eigenvalue weighted by atomic mass is 14.6. The summed E-state index contributed by atoms with van der Waals surface area (Å²) in [4.78, 5) is 3.92. The van der Waals surface area contributed by atoms with Crippen LogP contribution < -0.4 is 0 Å². The first-order valence-corrected chi connectivity index (χ1v) is 2.74. The fraction of sp³-hybridized carbons (Fsp3) is 0.286. The summed E-state index contributed by atoms with van der Waals surface area (Å²) >= 11 is 0. The number of rotatable bonds is 1. The van der Waals surface area contributed by atoms with Crippen molar-refractivity contribution in [2.24, 2.45) is 0 Å². The van der Waals surface area contributed by atoms with Gasteiger partial charge < -0.3 is 0 Å². The highest BCUT2D eigenvalue weighted by Crippen LogP contribution is 1.92. The smallest absolute Gasteiger partial charge is 0.0305 e. The summed E-state index contributed by atoms with van der Waals surface area (Å²) in [7, 11) is 0. The van der Waals surface area contributed by atoms with E-state index < -0.39 is 0 Å². The first kappa shape index (κ1) is 5.29. The molecule has 0 saturated carbocycles. The fourth-order valence-corrected chi connectivity index (χ4v) is 0.551. The van der Waals surface area contributed by atoms with Gasteiger partial charge in [-0.1, -0.05) is 6.92 Å². The van der Waals surface area contributed by atoms with E-state index in [1.54, 1.807) is 6.20 Å². The maximum atomic E-state index is 3.92. The van der Waals surface area contributed by atoms with E-state index in [0.717, 1.165) is 6.42 Å². The Bertz CT molecular complexity index is 146. The molecule has 0 aromatic carbocycles. The van der Waals surface area contributed by atoms with Gasteiger partial charge in [0.05, 0.1) is 0 Å². The van der Waals surface area contributed by atoms with E-state index in [2.05, 4.69) is 18.0 Å². The summed E-state index contributed by atoms with van der Waals surface area (Å²) < 4.78 is 0. The Morgan fingerprint density at radius 2 is 2.62 bits per heavy atom. The molecule has 1 aromatic rings. The van der Waals surface area contributed by atoms with Crippen LogP contribution in [-0.4, -0.2) is 4.98 Å². The first-order chi connectivity index (χ1) is 3.93. The predicted octanol–water partition coefficient (Wildman–Crippen LogP) is 1.44. The van der Waals surface area contributed by atoms with Gasteiger partial charge in [0.15, 0.2) is 0 Å². The normalized spacial score (nSPS) is 9.12. The largest absolute Gasteiger partial charge is 0.264 e. The van der Waals surface area contributed by atoms with Crippen molar-refractivity contribution in [1.29, 1.82) is 0 Å². The van der Waals surface area contributed by atoms with Crippen LogP contribution in [0.15, 0.2) is 18.5 Å². The molecule has 1 rings (SSSR count). The number of pyridine rings is 1. The molecule has 8 heavy (non-hydrogen) atoms. The average Bonchev–Trinajstić information content (AvgIpc) is 1.90. The van der Waals surface area contributed by atoms with Crippen molar-refractivity contribution >= 4 is 0 Å². The van der Waals surface area contributed by atoms with Crippen molar-refractivity contribution in [2.75, 3.05) is 0 Å². The Morgan fingerprint density at radius 3 is 3.00 bits per heavy atom. The summed E-state index contributed by atoms with van der Waals surface area (Å²) in [5.41, 5.74) is 1.17. The molecule has 0 N–H and O–H groups in total. The summed E-state index contributed by atoms with van der Waals surface area (Å²) in [6.45, 7) is 2.09. The number of aryl methyl sites for hydroxylation is 1. The second-order valence-electron chi connectivity index (χ2n) is 1.62. The summed E-state index contributed by atoms with van der Waals surface area (Å²) in [6, 6.07) is 4.89. The minimum absolute atomic E-state index is 1.02. The lowest BCUT2D eigenvalue weighted by Gasteiger charge is -1.88. The van der Waals surface area contributed by atoms with Gasteiger partial charge in [-0.25, -0.2) is 0 Å². The third kappa shape index (κ3) is 1.06. The monoisotopic (exact) mass is 106 g/mol. The second kappa shape index (κ2) is 2.46. The van der Waals surface area contributed by atoms with Gasteiger partial charge in [0, 0.05) is 12.4 Å². The molecular formula is C7H8N. The Labute approximate surface area is 49.4 Å².